The van der Waals surface area contributed by atoms with Gasteiger partial charge in [-0.25, -0.2) is 4.39 Å². The summed E-state index contributed by atoms with van der Waals surface area (Å²) in [7, 11) is 0. The molecular formula is C12H13BrFNOS. The smallest absolute Gasteiger partial charge is 0.258 e. The Morgan fingerprint density at radius 3 is 3.00 bits per heavy atom. The SMILES string of the molecule is CC1CN(C(=O)c2c(F)cccc2Br)CCS1. The summed E-state index contributed by atoms with van der Waals surface area (Å²) in [6.45, 7) is 3.46. The molecule has 1 atom stereocenters. The molecule has 1 saturated heterocycles. The summed E-state index contributed by atoms with van der Waals surface area (Å²) in [4.78, 5) is 14.0. The van der Waals surface area contributed by atoms with Crippen molar-refractivity contribution < 1.29 is 9.18 Å². The average Bonchev–Trinajstić information content (AvgIpc) is 2.28. The van der Waals surface area contributed by atoms with Crippen molar-refractivity contribution in [1.82, 2.24) is 4.90 Å². The molecule has 1 amide bonds. The standard InChI is InChI=1S/C12H13BrFNOS/c1-8-7-15(5-6-17-8)12(16)11-9(13)3-2-4-10(11)14/h2-4,8H,5-7H2,1H3. The van der Waals surface area contributed by atoms with E-state index in [1.807, 2.05) is 11.8 Å². The number of carbonyl (C=O) groups is 1. The minimum Gasteiger partial charge on any atom is -0.337 e. The van der Waals surface area contributed by atoms with Gasteiger partial charge in [0.25, 0.3) is 5.91 Å². The number of nitrogens with zero attached hydrogens (tertiary/aromatic N) is 1. The molecule has 92 valence electrons. The lowest BCUT2D eigenvalue weighted by molar-refractivity contribution is 0.0757. The van der Waals surface area contributed by atoms with Crippen LogP contribution in [0.15, 0.2) is 22.7 Å². The van der Waals surface area contributed by atoms with Crippen LogP contribution in [0.5, 0.6) is 0 Å². The van der Waals surface area contributed by atoms with Gasteiger partial charge in [0.1, 0.15) is 5.82 Å². The van der Waals surface area contributed by atoms with Crippen LogP contribution < -0.4 is 0 Å². The predicted molar refractivity (Wildman–Crippen MR) is 71.9 cm³/mol. The second kappa shape index (κ2) is 5.40. The van der Waals surface area contributed by atoms with Gasteiger partial charge in [-0.2, -0.15) is 11.8 Å². The van der Waals surface area contributed by atoms with Crippen molar-refractivity contribution in [2.75, 3.05) is 18.8 Å². The molecular weight excluding hydrogens is 305 g/mol. The van der Waals surface area contributed by atoms with Gasteiger partial charge < -0.3 is 4.90 Å². The number of hydrogen-bond acceptors (Lipinski definition) is 2. The van der Waals surface area contributed by atoms with E-state index in [0.717, 1.165) is 5.75 Å². The third kappa shape index (κ3) is 2.83. The molecule has 1 aromatic rings. The Morgan fingerprint density at radius 1 is 1.59 bits per heavy atom. The van der Waals surface area contributed by atoms with E-state index < -0.39 is 5.82 Å². The van der Waals surface area contributed by atoms with Gasteiger partial charge >= 0.3 is 0 Å². The Bertz CT molecular complexity index is 420. The molecule has 0 radical (unpaired) electrons. The maximum Gasteiger partial charge on any atom is 0.258 e. The van der Waals surface area contributed by atoms with Gasteiger partial charge in [0, 0.05) is 28.6 Å². The van der Waals surface area contributed by atoms with Gasteiger partial charge in [0.15, 0.2) is 0 Å². The summed E-state index contributed by atoms with van der Waals surface area (Å²) >= 11 is 5.08. The van der Waals surface area contributed by atoms with Gasteiger partial charge in [0.2, 0.25) is 0 Å². The number of rotatable bonds is 1. The lowest BCUT2D eigenvalue weighted by Gasteiger charge is -2.30. The van der Waals surface area contributed by atoms with Crippen LogP contribution in [-0.4, -0.2) is 34.9 Å². The topological polar surface area (TPSA) is 20.3 Å². The molecule has 0 N–H and O–H groups in total. The van der Waals surface area contributed by atoms with E-state index in [2.05, 4.69) is 22.9 Å². The Hall–Kier alpha value is -0.550. The van der Waals surface area contributed by atoms with Crippen molar-refractivity contribution in [3.63, 3.8) is 0 Å². The third-order valence-corrected chi connectivity index (χ3v) is 4.50. The lowest BCUT2D eigenvalue weighted by Crippen LogP contribution is -2.41. The molecule has 1 aromatic carbocycles. The fraction of sp³-hybridized carbons (Fsp3) is 0.417. The minimum absolute atomic E-state index is 0.145. The molecule has 2 rings (SSSR count). The van der Waals surface area contributed by atoms with Crippen LogP contribution in [0.1, 0.15) is 17.3 Å². The second-order valence-corrected chi connectivity index (χ2v) is 6.43. The van der Waals surface area contributed by atoms with Gasteiger partial charge in [0.05, 0.1) is 5.56 Å². The quantitative estimate of drug-likeness (QED) is 0.793. The van der Waals surface area contributed by atoms with Crippen LogP contribution in [0, 0.1) is 5.82 Å². The maximum atomic E-state index is 13.7. The number of halogens is 2. The first-order chi connectivity index (χ1) is 8.09. The van der Waals surface area contributed by atoms with E-state index in [1.54, 1.807) is 17.0 Å². The normalized spacial score (nSPS) is 20.4. The van der Waals surface area contributed by atoms with Gasteiger partial charge in [-0.3, -0.25) is 4.79 Å². The van der Waals surface area contributed by atoms with Gasteiger partial charge in [-0.05, 0) is 28.1 Å². The molecule has 0 spiro atoms. The summed E-state index contributed by atoms with van der Waals surface area (Å²) < 4.78 is 14.2. The molecule has 5 heteroatoms. The fourth-order valence-corrected chi connectivity index (χ4v) is 3.39. The van der Waals surface area contributed by atoms with E-state index >= 15 is 0 Å². The summed E-state index contributed by atoms with van der Waals surface area (Å²) in [5.41, 5.74) is 0.145. The molecule has 0 saturated carbocycles. The van der Waals surface area contributed by atoms with Gasteiger partial charge in [-0.1, -0.05) is 13.0 Å². The zero-order valence-corrected chi connectivity index (χ0v) is 11.9. The summed E-state index contributed by atoms with van der Waals surface area (Å²) in [6.07, 6.45) is 0. The molecule has 1 fully saturated rings. The van der Waals surface area contributed by atoms with Crippen LogP contribution in [0.2, 0.25) is 0 Å². The number of benzene rings is 1. The third-order valence-electron chi connectivity index (χ3n) is 2.70. The zero-order valence-electron chi connectivity index (χ0n) is 9.45. The molecule has 1 aliphatic heterocycles. The van der Waals surface area contributed by atoms with Crippen LogP contribution in [0.25, 0.3) is 0 Å². The molecule has 0 bridgehead atoms. The average molecular weight is 318 g/mol. The van der Waals surface area contributed by atoms with Gasteiger partial charge in [-0.15, -0.1) is 0 Å². The van der Waals surface area contributed by atoms with Crippen LogP contribution in [0.3, 0.4) is 0 Å². The van der Waals surface area contributed by atoms with E-state index in [-0.39, 0.29) is 11.5 Å². The molecule has 0 aliphatic carbocycles. The fourth-order valence-electron chi connectivity index (χ4n) is 1.86. The van der Waals surface area contributed by atoms with Crippen molar-refractivity contribution >= 4 is 33.6 Å². The summed E-state index contributed by atoms with van der Waals surface area (Å²) in [5.74, 6) is 0.233. The number of hydrogen-bond donors (Lipinski definition) is 0. The lowest BCUT2D eigenvalue weighted by atomic mass is 10.2. The molecule has 17 heavy (non-hydrogen) atoms. The molecule has 1 aliphatic rings. The second-order valence-electron chi connectivity index (χ2n) is 4.03. The van der Waals surface area contributed by atoms with Crippen molar-refractivity contribution in [2.24, 2.45) is 0 Å². The predicted octanol–water partition coefficient (Wildman–Crippen LogP) is 3.17. The highest BCUT2D eigenvalue weighted by molar-refractivity contribution is 9.10. The van der Waals surface area contributed by atoms with Crippen molar-refractivity contribution in [3.8, 4) is 0 Å². The first-order valence-corrected chi connectivity index (χ1v) is 7.28. The van der Waals surface area contributed by atoms with E-state index in [9.17, 15) is 9.18 Å². The molecule has 1 unspecified atom stereocenters. The largest absolute Gasteiger partial charge is 0.337 e. The number of thioether (sulfide) groups is 1. The number of amides is 1. The first-order valence-electron chi connectivity index (χ1n) is 5.44. The molecule has 2 nitrogen and oxygen atoms in total. The van der Waals surface area contributed by atoms with E-state index in [1.165, 1.54) is 6.07 Å². The summed E-state index contributed by atoms with van der Waals surface area (Å²) in [6, 6.07) is 4.60. The number of carbonyl (C=O) groups excluding carboxylic acids is 1. The van der Waals surface area contributed by atoms with E-state index in [4.69, 9.17) is 0 Å². The monoisotopic (exact) mass is 317 g/mol. The maximum absolute atomic E-state index is 13.7. The highest BCUT2D eigenvalue weighted by atomic mass is 79.9. The Labute approximate surface area is 113 Å². The minimum atomic E-state index is -0.463. The van der Waals surface area contributed by atoms with Crippen LogP contribution in [-0.2, 0) is 0 Å². The van der Waals surface area contributed by atoms with Crippen molar-refractivity contribution in [1.29, 1.82) is 0 Å². The highest BCUT2D eigenvalue weighted by Gasteiger charge is 2.25. The summed E-state index contributed by atoms with van der Waals surface area (Å²) in [5, 5.41) is 0.415. The Morgan fingerprint density at radius 2 is 2.35 bits per heavy atom. The van der Waals surface area contributed by atoms with Crippen molar-refractivity contribution in [2.45, 2.75) is 12.2 Å². The molecule has 1 heterocycles. The Balaban J connectivity index is 2.24. The first kappa shape index (κ1) is 12.9. The Kier molecular flexibility index (Phi) is 4.09. The zero-order chi connectivity index (χ0) is 12.4. The van der Waals surface area contributed by atoms with Crippen LogP contribution >= 0.6 is 27.7 Å². The highest BCUT2D eigenvalue weighted by Crippen LogP contribution is 2.24. The van der Waals surface area contributed by atoms with E-state index in [0.29, 0.717) is 22.8 Å². The molecule has 0 aromatic heterocycles. The van der Waals surface area contributed by atoms with Crippen molar-refractivity contribution in [3.05, 3.63) is 34.1 Å². The van der Waals surface area contributed by atoms with Crippen LogP contribution in [0.4, 0.5) is 4.39 Å².